The van der Waals surface area contributed by atoms with Gasteiger partial charge in [0.2, 0.25) is 5.91 Å². The van der Waals surface area contributed by atoms with Crippen molar-refractivity contribution in [1.82, 2.24) is 20.0 Å². The molecule has 0 atom stereocenters. The first-order valence-corrected chi connectivity index (χ1v) is 10.7. The number of nitrogens with one attached hydrogen (secondary N) is 1. The minimum Gasteiger partial charge on any atom is -0.357 e. The molecule has 3 amide bonds. The first-order chi connectivity index (χ1) is 14.4. The van der Waals surface area contributed by atoms with E-state index in [1.807, 2.05) is 32.7 Å². The number of imide groups is 1. The van der Waals surface area contributed by atoms with Crippen LogP contribution in [0.5, 0.6) is 0 Å². The fourth-order valence-electron chi connectivity index (χ4n) is 3.43. The average Bonchev–Trinajstić information content (AvgIpc) is 2.98. The zero-order valence-electron chi connectivity index (χ0n) is 18.5. The third-order valence-electron chi connectivity index (χ3n) is 5.11. The molecule has 0 unspecified atom stereocenters. The maximum Gasteiger partial charge on any atom is 0.261 e. The second-order valence-corrected chi connectivity index (χ2v) is 7.17. The predicted octanol–water partition coefficient (Wildman–Crippen LogP) is 1.83. The van der Waals surface area contributed by atoms with Gasteiger partial charge in [0.05, 0.1) is 17.7 Å². The Bertz CT molecular complexity index is 754. The molecule has 1 aromatic rings. The number of fused-ring (bicyclic) bond motifs is 1. The van der Waals surface area contributed by atoms with Crippen molar-refractivity contribution in [2.45, 2.75) is 33.6 Å². The van der Waals surface area contributed by atoms with Crippen LogP contribution in [-0.2, 0) is 4.79 Å². The first-order valence-electron chi connectivity index (χ1n) is 10.7. The van der Waals surface area contributed by atoms with E-state index in [0.717, 1.165) is 6.42 Å². The Balaban J connectivity index is 1.84. The average molecular weight is 416 g/mol. The Morgan fingerprint density at radius 2 is 1.63 bits per heavy atom. The molecule has 0 saturated heterocycles. The van der Waals surface area contributed by atoms with Gasteiger partial charge < -0.3 is 15.1 Å². The van der Waals surface area contributed by atoms with Gasteiger partial charge in [-0.05, 0) is 45.7 Å². The van der Waals surface area contributed by atoms with Crippen molar-refractivity contribution in [2.24, 2.45) is 4.99 Å². The molecular weight excluding hydrogens is 382 g/mol. The lowest BCUT2D eigenvalue weighted by molar-refractivity contribution is -0.131. The second kappa shape index (κ2) is 11.3. The van der Waals surface area contributed by atoms with Crippen molar-refractivity contribution >= 4 is 23.7 Å². The van der Waals surface area contributed by atoms with E-state index in [2.05, 4.69) is 10.3 Å². The van der Waals surface area contributed by atoms with E-state index in [4.69, 9.17) is 0 Å². The van der Waals surface area contributed by atoms with E-state index in [9.17, 15) is 14.4 Å². The number of carbonyl (C=O) groups is 3. The van der Waals surface area contributed by atoms with E-state index in [1.54, 1.807) is 29.2 Å². The molecule has 0 spiro atoms. The van der Waals surface area contributed by atoms with Crippen LogP contribution in [0.25, 0.3) is 0 Å². The minimum atomic E-state index is -0.220. The van der Waals surface area contributed by atoms with Gasteiger partial charge >= 0.3 is 0 Å². The first kappa shape index (κ1) is 23.4. The largest absolute Gasteiger partial charge is 0.357 e. The number of likely N-dealkylation sites (N-methyl/N-ethyl adjacent to an activating group) is 2. The van der Waals surface area contributed by atoms with Gasteiger partial charge in [-0.3, -0.25) is 24.3 Å². The topological polar surface area (TPSA) is 85.3 Å². The number of benzene rings is 1. The molecule has 0 fully saturated rings. The van der Waals surface area contributed by atoms with Crippen LogP contribution in [0.2, 0.25) is 0 Å². The molecule has 30 heavy (non-hydrogen) atoms. The van der Waals surface area contributed by atoms with E-state index in [1.165, 1.54) is 4.90 Å². The number of aliphatic imine (C=N–C) groups is 1. The molecule has 8 nitrogen and oxygen atoms in total. The molecule has 1 heterocycles. The van der Waals surface area contributed by atoms with Crippen LogP contribution in [-0.4, -0.2) is 84.7 Å². The Kier molecular flexibility index (Phi) is 8.83. The summed E-state index contributed by atoms with van der Waals surface area (Å²) in [6.07, 6.45) is 1.41. The number of unbranched alkanes of at least 4 members (excludes halogenated alkanes) is 1. The van der Waals surface area contributed by atoms with Crippen LogP contribution in [0.4, 0.5) is 0 Å². The van der Waals surface area contributed by atoms with Crippen LogP contribution in [0.3, 0.4) is 0 Å². The van der Waals surface area contributed by atoms with Crippen molar-refractivity contribution in [3.8, 4) is 0 Å². The van der Waals surface area contributed by atoms with Crippen LogP contribution < -0.4 is 5.32 Å². The molecule has 0 saturated carbocycles. The normalized spacial score (nSPS) is 13.5. The Morgan fingerprint density at radius 1 is 1.03 bits per heavy atom. The zero-order valence-corrected chi connectivity index (χ0v) is 18.5. The predicted molar refractivity (Wildman–Crippen MR) is 118 cm³/mol. The third-order valence-corrected chi connectivity index (χ3v) is 5.11. The second-order valence-electron chi connectivity index (χ2n) is 7.17. The van der Waals surface area contributed by atoms with E-state index in [-0.39, 0.29) is 24.3 Å². The summed E-state index contributed by atoms with van der Waals surface area (Å²) in [6.45, 7) is 9.20. The van der Waals surface area contributed by atoms with Gasteiger partial charge in [-0.2, -0.15) is 0 Å². The van der Waals surface area contributed by atoms with Gasteiger partial charge in [0.25, 0.3) is 11.8 Å². The number of hydrogen-bond donors (Lipinski definition) is 1. The van der Waals surface area contributed by atoms with Crippen LogP contribution in [0.1, 0.15) is 54.3 Å². The van der Waals surface area contributed by atoms with E-state index in [0.29, 0.717) is 56.2 Å². The highest BCUT2D eigenvalue weighted by Gasteiger charge is 2.34. The lowest BCUT2D eigenvalue weighted by Crippen LogP contribution is -2.45. The molecule has 0 bridgehead atoms. The van der Waals surface area contributed by atoms with Gasteiger partial charge in [-0.15, -0.1) is 0 Å². The van der Waals surface area contributed by atoms with E-state index < -0.39 is 0 Å². The number of amides is 3. The summed E-state index contributed by atoms with van der Waals surface area (Å²) in [5.74, 6) is 0.307. The summed E-state index contributed by atoms with van der Waals surface area (Å²) < 4.78 is 0. The Hall–Kier alpha value is -2.90. The zero-order chi connectivity index (χ0) is 22.1. The Labute approximate surface area is 178 Å². The van der Waals surface area contributed by atoms with Crippen LogP contribution in [0.15, 0.2) is 29.3 Å². The number of nitrogens with zero attached hydrogens (tertiary/aromatic N) is 4. The molecule has 1 N–H and O–H groups in total. The molecule has 0 aliphatic carbocycles. The minimum absolute atomic E-state index is 0.0683. The quantitative estimate of drug-likeness (QED) is 0.273. The highest BCUT2D eigenvalue weighted by atomic mass is 16.2. The molecule has 0 radical (unpaired) electrons. The summed E-state index contributed by atoms with van der Waals surface area (Å²) in [4.78, 5) is 46.6. The summed E-state index contributed by atoms with van der Waals surface area (Å²) in [5, 5.41) is 3.21. The molecule has 164 valence electrons. The standard InChI is InChI=1S/C22H33N5O3/c1-5-23-22(25(4)16-19(28)26(6-2)7-3)24-14-10-11-15-27-20(29)17-12-8-9-13-18(17)21(27)30/h8-9,12-13H,5-7,10-11,14-16H2,1-4H3,(H,23,24). The van der Waals surface area contributed by atoms with E-state index >= 15 is 0 Å². The van der Waals surface area contributed by atoms with Crippen LogP contribution >= 0.6 is 0 Å². The van der Waals surface area contributed by atoms with Crippen molar-refractivity contribution in [3.05, 3.63) is 35.4 Å². The number of rotatable bonds is 10. The fraction of sp³-hybridized carbons (Fsp3) is 0.545. The van der Waals surface area contributed by atoms with Gasteiger partial charge in [-0.1, -0.05) is 12.1 Å². The number of hydrogen-bond acceptors (Lipinski definition) is 4. The fourth-order valence-corrected chi connectivity index (χ4v) is 3.43. The van der Waals surface area contributed by atoms with Crippen molar-refractivity contribution in [3.63, 3.8) is 0 Å². The van der Waals surface area contributed by atoms with Gasteiger partial charge in [-0.25, -0.2) is 0 Å². The van der Waals surface area contributed by atoms with Crippen molar-refractivity contribution in [2.75, 3.05) is 46.3 Å². The lowest BCUT2D eigenvalue weighted by atomic mass is 10.1. The molecule has 0 aromatic heterocycles. The summed E-state index contributed by atoms with van der Waals surface area (Å²) in [7, 11) is 1.85. The summed E-state index contributed by atoms with van der Waals surface area (Å²) in [6, 6.07) is 6.92. The maximum atomic E-state index is 12.4. The maximum absolute atomic E-state index is 12.4. The molecule has 8 heteroatoms. The number of carbonyl (C=O) groups excluding carboxylic acids is 3. The summed E-state index contributed by atoms with van der Waals surface area (Å²) >= 11 is 0. The molecule has 1 aliphatic rings. The third kappa shape index (κ3) is 5.58. The van der Waals surface area contributed by atoms with Gasteiger partial charge in [0, 0.05) is 39.8 Å². The molecule has 1 aliphatic heterocycles. The molecule has 2 rings (SSSR count). The Morgan fingerprint density at radius 3 is 2.17 bits per heavy atom. The highest BCUT2D eigenvalue weighted by molar-refractivity contribution is 6.21. The van der Waals surface area contributed by atoms with Crippen LogP contribution in [0, 0.1) is 0 Å². The van der Waals surface area contributed by atoms with Crippen molar-refractivity contribution < 1.29 is 14.4 Å². The molecule has 1 aromatic carbocycles. The molecular formula is C22H33N5O3. The smallest absolute Gasteiger partial charge is 0.261 e. The monoisotopic (exact) mass is 415 g/mol. The highest BCUT2D eigenvalue weighted by Crippen LogP contribution is 2.22. The van der Waals surface area contributed by atoms with Crippen molar-refractivity contribution in [1.29, 1.82) is 0 Å². The summed E-state index contributed by atoms with van der Waals surface area (Å²) in [5.41, 5.74) is 0.962. The lowest BCUT2D eigenvalue weighted by Gasteiger charge is -2.25. The van der Waals surface area contributed by atoms with Gasteiger partial charge in [0.15, 0.2) is 5.96 Å². The van der Waals surface area contributed by atoms with Gasteiger partial charge in [0.1, 0.15) is 0 Å². The number of guanidine groups is 1. The SMILES string of the molecule is CCNC(=NCCCCN1C(=O)c2ccccc2C1=O)N(C)CC(=O)N(CC)CC.